The Morgan fingerprint density at radius 1 is 0.917 bits per heavy atom. The van der Waals surface area contributed by atoms with Crippen LogP contribution in [0.4, 0.5) is 11.4 Å². The fraction of sp³-hybridized carbons (Fsp3) is 0.185. The SMILES string of the molecule is CCN(CC)c1ccc(NC(=O)CSc2nnc3n(-c4ccccc4)c(=O)c4ccccc4n23)cc1. The Morgan fingerprint density at radius 2 is 1.61 bits per heavy atom. The van der Waals surface area contributed by atoms with E-state index in [2.05, 4.69) is 34.3 Å². The van der Waals surface area contributed by atoms with Crippen molar-refractivity contribution in [3.8, 4) is 5.69 Å². The molecule has 36 heavy (non-hydrogen) atoms. The van der Waals surface area contributed by atoms with Gasteiger partial charge in [0.1, 0.15) is 0 Å². The van der Waals surface area contributed by atoms with Crippen molar-refractivity contribution in [1.29, 1.82) is 0 Å². The number of carbonyl (C=O) groups excluding carboxylic acids is 1. The number of thioether (sulfide) groups is 1. The minimum absolute atomic E-state index is 0.145. The summed E-state index contributed by atoms with van der Waals surface area (Å²) in [4.78, 5) is 28.3. The second kappa shape index (κ2) is 10.2. The molecule has 0 spiro atoms. The van der Waals surface area contributed by atoms with Crippen LogP contribution >= 0.6 is 11.8 Å². The molecule has 2 aromatic heterocycles. The summed E-state index contributed by atoms with van der Waals surface area (Å²) in [5, 5.41) is 12.7. The monoisotopic (exact) mass is 498 g/mol. The Bertz CT molecular complexity index is 1570. The van der Waals surface area contributed by atoms with E-state index in [4.69, 9.17) is 0 Å². The molecule has 1 amide bonds. The van der Waals surface area contributed by atoms with Crippen LogP contribution in [0, 0.1) is 0 Å². The van der Waals surface area contributed by atoms with Crippen LogP contribution in [0.25, 0.3) is 22.4 Å². The van der Waals surface area contributed by atoms with E-state index in [0.29, 0.717) is 27.5 Å². The van der Waals surface area contributed by atoms with Gasteiger partial charge in [0.15, 0.2) is 5.16 Å². The van der Waals surface area contributed by atoms with Crippen LogP contribution in [-0.4, -0.2) is 43.9 Å². The second-order valence-electron chi connectivity index (χ2n) is 8.17. The molecular weight excluding hydrogens is 472 g/mol. The van der Waals surface area contributed by atoms with Crippen LogP contribution in [0.3, 0.4) is 0 Å². The Kier molecular flexibility index (Phi) is 6.73. The molecular formula is C27H26N6O2S. The molecule has 0 aliphatic carbocycles. The van der Waals surface area contributed by atoms with Gasteiger partial charge in [-0.1, -0.05) is 42.1 Å². The molecule has 2 heterocycles. The van der Waals surface area contributed by atoms with E-state index in [-0.39, 0.29) is 17.2 Å². The molecule has 0 radical (unpaired) electrons. The lowest BCUT2D eigenvalue weighted by atomic mass is 10.2. The molecule has 1 N–H and O–H groups in total. The molecule has 0 aliphatic heterocycles. The topological polar surface area (TPSA) is 84.5 Å². The van der Waals surface area contributed by atoms with E-state index in [0.717, 1.165) is 24.5 Å². The van der Waals surface area contributed by atoms with Crippen molar-refractivity contribution < 1.29 is 4.79 Å². The van der Waals surface area contributed by atoms with E-state index in [1.165, 1.54) is 11.8 Å². The van der Waals surface area contributed by atoms with Crippen LogP contribution in [0.15, 0.2) is 88.8 Å². The van der Waals surface area contributed by atoms with Gasteiger partial charge in [0, 0.05) is 24.5 Å². The molecule has 182 valence electrons. The third-order valence-electron chi connectivity index (χ3n) is 6.02. The van der Waals surface area contributed by atoms with Crippen molar-refractivity contribution in [3.63, 3.8) is 0 Å². The number of amides is 1. The molecule has 0 saturated heterocycles. The zero-order valence-corrected chi connectivity index (χ0v) is 20.9. The maximum Gasteiger partial charge on any atom is 0.267 e. The Hall–Kier alpha value is -4.11. The van der Waals surface area contributed by atoms with Crippen LogP contribution in [0.5, 0.6) is 0 Å². The van der Waals surface area contributed by atoms with Crippen molar-refractivity contribution in [1.82, 2.24) is 19.2 Å². The highest BCUT2D eigenvalue weighted by molar-refractivity contribution is 7.99. The number of aromatic nitrogens is 4. The number of nitrogens with one attached hydrogen (secondary N) is 1. The second-order valence-corrected chi connectivity index (χ2v) is 9.11. The normalized spacial score (nSPS) is 11.2. The molecule has 9 heteroatoms. The van der Waals surface area contributed by atoms with Gasteiger partial charge in [-0.3, -0.25) is 14.0 Å². The summed E-state index contributed by atoms with van der Waals surface area (Å²) in [5.74, 6) is 0.407. The summed E-state index contributed by atoms with van der Waals surface area (Å²) in [6.07, 6.45) is 0. The van der Waals surface area contributed by atoms with Gasteiger partial charge >= 0.3 is 0 Å². The molecule has 5 rings (SSSR count). The van der Waals surface area contributed by atoms with Gasteiger partial charge in [-0.05, 0) is 62.4 Å². The summed E-state index contributed by atoms with van der Waals surface area (Å²) in [6.45, 7) is 6.09. The molecule has 8 nitrogen and oxygen atoms in total. The third kappa shape index (κ3) is 4.45. The molecule has 0 bridgehead atoms. The van der Waals surface area contributed by atoms with Crippen LogP contribution in [-0.2, 0) is 4.79 Å². The smallest absolute Gasteiger partial charge is 0.267 e. The number of anilines is 2. The van der Waals surface area contributed by atoms with E-state index >= 15 is 0 Å². The highest BCUT2D eigenvalue weighted by Crippen LogP contribution is 2.24. The standard InChI is InChI=1S/C27H26N6O2S/c1-3-31(4-2)20-16-14-19(15-17-20)28-24(34)18-36-27-30-29-26-32(21-10-6-5-7-11-21)25(35)22-12-8-9-13-23(22)33(26)27/h5-17H,3-4,18H2,1-2H3,(H,28,34). The van der Waals surface area contributed by atoms with Gasteiger partial charge in [0.05, 0.1) is 22.3 Å². The number of para-hydroxylation sites is 2. The van der Waals surface area contributed by atoms with Crippen molar-refractivity contribution in [2.24, 2.45) is 0 Å². The van der Waals surface area contributed by atoms with Crippen molar-refractivity contribution in [2.45, 2.75) is 19.0 Å². The zero-order valence-electron chi connectivity index (χ0n) is 20.1. The lowest BCUT2D eigenvalue weighted by Gasteiger charge is -2.21. The Labute approximate surface area is 212 Å². The van der Waals surface area contributed by atoms with Crippen molar-refractivity contribution in [3.05, 3.63) is 89.2 Å². The molecule has 0 unspecified atom stereocenters. The molecule has 0 saturated carbocycles. The van der Waals surface area contributed by atoms with Gasteiger partial charge in [0.25, 0.3) is 5.56 Å². The first-order valence-corrected chi connectivity index (χ1v) is 12.8. The summed E-state index contributed by atoms with van der Waals surface area (Å²) < 4.78 is 3.39. The van der Waals surface area contributed by atoms with Gasteiger partial charge in [0.2, 0.25) is 11.7 Å². The average molecular weight is 499 g/mol. The van der Waals surface area contributed by atoms with Gasteiger partial charge in [-0.25, -0.2) is 4.57 Å². The van der Waals surface area contributed by atoms with Gasteiger partial charge in [-0.15, -0.1) is 10.2 Å². The number of rotatable bonds is 8. The molecule has 0 atom stereocenters. The van der Waals surface area contributed by atoms with Gasteiger partial charge in [-0.2, -0.15) is 0 Å². The predicted octanol–water partition coefficient (Wildman–Crippen LogP) is 4.61. The number of hydrogen-bond acceptors (Lipinski definition) is 6. The zero-order chi connectivity index (χ0) is 25.1. The number of hydrogen-bond donors (Lipinski definition) is 1. The van der Waals surface area contributed by atoms with Crippen LogP contribution in [0.1, 0.15) is 13.8 Å². The maximum absolute atomic E-state index is 13.3. The minimum atomic E-state index is -0.167. The molecule has 3 aromatic carbocycles. The first-order chi connectivity index (χ1) is 17.6. The summed E-state index contributed by atoms with van der Waals surface area (Å²) in [6, 6.07) is 24.6. The number of nitrogens with zero attached hydrogens (tertiary/aromatic N) is 5. The Morgan fingerprint density at radius 3 is 2.33 bits per heavy atom. The number of benzene rings is 3. The molecule has 5 aromatic rings. The lowest BCUT2D eigenvalue weighted by Crippen LogP contribution is -2.22. The average Bonchev–Trinajstić information content (AvgIpc) is 3.34. The van der Waals surface area contributed by atoms with Crippen LogP contribution in [0.2, 0.25) is 0 Å². The molecule has 0 fully saturated rings. The summed E-state index contributed by atoms with van der Waals surface area (Å²) in [5.41, 5.74) is 3.10. The minimum Gasteiger partial charge on any atom is -0.372 e. The number of carbonyl (C=O) groups is 1. The maximum atomic E-state index is 13.3. The quantitative estimate of drug-likeness (QED) is 0.315. The lowest BCUT2D eigenvalue weighted by molar-refractivity contribution is -0.113. The first-order valence-electron chi connectivity index (χ1n) is 11.8. The van der Waals surface area contributed by atoms with Crippen molar-refractivity contribution in [2.75, 3.05) is 29.1 Å². The highest BCUT2D eigenvalue weighted by Gasteiger charge is 2.18. The summed E-state index contributed by atoms with van der Waals surface area (Å²) >= 11 is 1.28. The number of fused-ring (bicyclic) bond motifs is 3. The summed E-state index contributed by atoms with van der Waals surface area (Å²) in [7, 11) is 0. The first kappa shape index (κ1) is 23.6. The van der Waals surface area contributed by atoms with E-state index in [9.17, 15) is 9.59 Å². The van der Waals surface area contributed by atoms with E-state index in [1.54, 1.807) is 10.6 Å². The van der Waals surface area contributed by atoms with Crippen molar-refractivity contribution >= 4 is 45.7 Å². The predicted molar refractivity (Wildman–Crippen MR) is 145 cm³/mol. The largest absolute Gasteiger partial charge is 0.372 e. The van der Waals surface area contributed by atoms with E-state index < -0.39 is 0 Å². The highest BCUT2D eigenvalue weighted by atomic mass is 32.2. The fourth-order valence-corrected chi connectivity index (χ4v) is 4.99. The third-order valence-corrected chi connectivity index (χ3v) is 6.95. The van der Waals surface area contributed by atoms with E-state index in [1.807, 2.05) is 77.2 Å². The van der Waals surface area contributed by atoms with Crippen LogP contribution < -0.4 is 15.8 Å². The molecule has 0 aliphatic rings. The fourth-order valence-electron chi connectivity index (χ4n) is 4.25. The van der Waals surface area contributed by atoms with Gasteiger partial charge < -0.3 is 10.2 Å². The Balaban J connectivity index is 1.42.